The van der Waals surface area contributed by atoms with Gasteiger partial charge in [0.2, 0.25) is 5.91 Å². The van der Waals surface area contributed by atoms with Gasteiger partial charge >= 0.3 is 0 Å². The quantitative estimate of drug-likeness (QED) is 0.335. The van der Waals surface area contributed by atoms with E-state index in [2.05, 4.69) is 27.5 Å². The van der Waals surface area contributed by atoms with Gasteiger partial charge in [0.25, 0.3) is 5.91 Å². The van der Waals surface area contributed by atoms with Crippen LogP contribution in [0.3, 0.4) is 0 Å². The third-order valence-electron chi connectivity index (χ3n) is 6.64. The number of hydrogen-bond donors (Lipinski definition) is 3. The Morgan fingerprint density at radius 3 is 2.44 bits per heavy atom. The second kappa shape index (κ2) is 9.51. The summed E-state index contributed by atoms with van der Waals surface area (Å²) in [6.07, 6.45) is 5.85. The Bertz CT molecular complexity index is 1300. The lowest BCUT2D eigenvalue weighted by Gasteiger charge is -2.25. The third-order valence-corrected chi connectivity index (χ3v) is 6.64. The fourth-order valence-corrected chi connectivity index (χ4v) is 4.55. The molecule has 0 radical (unpaired) electrons. The zero-order valence-corrected chi connectivity index (χ0v) is 19.2. The molecule has 6 nitrogen and oxygen atoms in total. The standard InChI is InChI=1S/C28H28N4O2/c1-18-5-7-20(8-6-18)27(33)30-23-12-9-19(10-13-23)25-17-22-16-21(11-14-24(22)31-25)28(34)32-26-4-2-3-15-29-26/h2-4,9-18,20,31H,5-8H2,1H3,(H,30,33)(H,29,32,34). The summed E-state index contributed by atoms with van der Waals surface area (Å²) in [7, 11) is 0. The number of hydrogen-bond acceptors (Lipinski definition) is 3. The number of fused-ring (bicyclic) bond motifs is 1. The Balaban J connectivity index is 1.27. The third kappa shape index (κ3) is 4.86. The average molecular weight is 453 g/mol. The summed E-state index contributed by atoms with van der Waals surface area (Å²) in [5, 5.41) is 6.84. The van der Waals surface area contributed by atoms with Gasteiger partial charge in [0, 0.05) is 40.0 Å². The van der Waals surface area contributed by atoms with Crippen LogP contribution in [0.25, 0.3) is 22.2 Å². The molecule has 34 heavy (non-hydrogen) atoms. The van der Waals surface area contributed by atoms with E-state index in [1.807, 2.05) is 48.5 Å². The van der Waals surface area contributed by atoms with E-state index >= 15 is 0 Å². The second-order valence-corrected chi connectivity index (χ2v) is 9.18. The van der Waals surface area contributed by atoms with Crippen LogP contribution >= 0.6 is 0 Å². The first-order valence-corrected chi connectivity index (χ1v) is 11.8. The van der Waals surface area contributed by atoms with Gasteiger partial charge in [-0.3, -0.25) is 9.59 Å². The van der Waals surface area contributed by atoms with E-state index in [-0.39, 0.29) is 17.7 Å². The molecule has 1 aliphatic carbocycles. The lowest BCUT2D eigenvalue weighted by molar-refractivity contribution is -0.121. The molecule has 2 aromatic carbocycles. The van der Waals surface area contributed by atoms with Crippen molar-refractivity contribution in [3.63, 3.8) is 0 Å². The summed E-state index contributed by atoms with van der Waals surface area (Å²) < 4.78 is 0. The molecule has 0 unspecified atom stereocenters. The van der Waals surface area contributed by atoms with Crippen molar-refractivity contribution in [1.29, 1.82) is 0 Å². The van der Waals surface area contributed by atoms with Crippen molar-refractivity contribution in [3.8, 4) is 11.3 Å². The van der Waals surface area contributed by atoms with E-state index in [0.717, 1.165) is 59.4 Å². The van der Waals surface area contributed by atoms with Crippen molar-refractivity contribution in [2.75, 3.05) is 10.6 Å². The van der Waals surface area contributed by atoms with E-state index in [1.54, 1.807) is 24.4 Å². The maximum Gasteiger partial charge on any atom is 0.256 e. The SMILES string of the molecule is CC1CCC(C(=O)Nc2ccc(-c3cc4cc(C(=O)Nc5ccccn5)ccc4[nH]3)cc2)CC1. The van der Waals surface area contributed by atoms with Crippen molar-refractivity contribution in [2.45, 2.75) is 32.6 Å². The van der Waals surface area contributed by atoms with Gasteiger partial charge in [0.05, 0.1) is 0 Å². The number of nitrogens with zero attached hydrogens (tertiary/aromatic N) is 1. The number of carbonyl (C=O) groups is 2. The van der Waals surface area contributed by atoms with Gasteiger partial charge in [0.15, 0.2) is 0 Å². The maximum absolute atomic E-state index is 12.6. The van der Waals surface area contributed by atoms with Crippen molar-refractivity contribution in [3.05, 3.63) is 78.5 Å². The fraction of sp³-hybridized carbons (Fsp3) is 0.250. The lowest BCUT2D eigenvalue weighted by Crippen LogP contribution is -2.26. The Morgan fingerprint density at radius 1 is 0.912 bits per heavy atom. The van der Waals surface area contributed by atoms with Crippen LogP contribution in [0.4, 0.5) is 11.5 Å². The van der Waals surface area contributed by atoms with Crippen LogP contribution in [0, 0.1) is 11.8 Å². The predicted molar refractivity (Wildman–Crippen MR) is 136 cm³/mol. The first-order chi connectivity index (χ1) is 16.5. The molecule has 3 N–H and O–H groups in total. The van der Waals surface area contributed by atoms with E-state index in [0.29, 0.717) is 11.4 Å². The van der Waals surface area contributed by atoms with E-state index in [9.17, 15) is 9.59 Å². The molecule has 5 rings (SSSR count). The zero-order chi connectivity index (χ0) is 23.5. The number of aromatic amines is 1. The van der Waals surface area contributed by atoms with E-state index in [4.69, 9.17) is 0 Å². The minimum absolute atomic E-state index is 0.119. The predicted octanol–water partition coefficient (Wildman–Crippen LogP) is 6.25. The van der Waals surface area contributed by atoms with Gasteiger partial charge in [-0.1, -0.05) is 25.1 Å². The van der Waals surface area contributed by atoms with Crippen LogP contribution in [0.15, 0.2) is 72.9 Å². The smallest absolute Gasteiger partial charge is 0.256 e. The Kier molecular flexibility index (Phi) is 6.12. The van der Waals surface area contributed by atoms with Crippen LogP contribution in [0.1, 0.15) is 43.0 Å². The largest absolute Gasteiger partial charge is 0.355 e. The summed E-state index contributed by atoms with van der Waals surface area (Å²) in [6, 6.07) is 20.9. The molecule has 0 spiro atoms. The minimum Gasteiger partial charge on any atom is -0.355 e. The van der Waals surface area contributed by atoms with Crippen molar-refractivity contribution >= 4 is 34.2 Å². The van der Waals surface area contributed by atoms with Gasteiger partial charge in [-0.25, -0.2) is 4.98 Å². The maximum atomic E-state index is 12.6. The normalized spacial score (nSPS) is 17.9. The van der Waals surface area contributed by atoms with Crippen LogP contribution < -0.4 is 10.6 Å². The van der Waals surface area contributed by atoms with Gasteiger partial charge in [-0.05, 0) is 85.7 Å². The van der Waals surface area contributed by atoms with Gasteiger partial charge in [-0.15, -0.1) is 0 Å². The number of pyridine rings is 1. The Hall–Kier alpha value is -3.93. The average Bonchev–Trinajstić information content (AvgIpc) is 3.29. The number of benzene rings is 2. The molecule has 1 aliphatic rings. The van der Waals surface area contributed by atoms with Crippen molar-refractivity contribution in [2.24, 2.45) is 11.8 Å². The monoisotopic (exact) mass is 452 g/mol. The summed E-state index contributed by atoms with van der Waals surface area (Å²) >= 11 is 0. The molecule has 0 bridgehead atoms. The fourth-order valence-electron chi connectivity index (χ4n) is 4.55. The zero-order valence-electron chi connectivity index (χ0n) is 19.2. The van der Waals surface area contributed by atoms with Gasteiger partial charge in [-0.2, -0.15) is 0 Å². The molecule has 172 valence electrons. The van der Waals surface area contributed by atoms with Gasteiger partial charge < -0.3 is 15.6 Å². The molecule has 2 aromatic heterocycles. The molecule has 0 aliphatic heterocycles. The van der Waals surface area contributed by atoms with Crippen molar-refractivity contribution in [1.82, 2.24) is 9.97 Å². The van der Waals surface area contributed by atoms with Crippen LogP contribution in [-0.4, -0.2) is 21.8 Å². The molecular formula is C28H28N4O2. The van der Waals surface area contributed by atoms with Crippen LogP contribution in [0.5, 0.6) is 0 Å². The molecule has 2 heterocycles. The highest BCUT2D eigenvalue weighted by Gasteiger charge is 2.24. The first-order valence-electron chi connectivity index (χ1n) is 11.8. The summed E-state index contributed by atoms with van der Waals surface area (Å²) in [5.74, 6) is 1.30. The highest BCUT2D eigenvalue weighted by Crippen LogP contribution is 2.30. The summed E-state index contributed by atoms with van der Waals surface area (Å²) in [5.41, 5.74) is 4.31. The number of carbonyl (C=O) groups excluding carboxylic acids is 2. The van der Waals surface area contributed by atoms with Crippen LogP contribution in [-0.2, 0) is 4.79 Å². The second-order valence-electron chi connectivity index (χ2n) is 9.18. The molecule has 4 aromatic rings. The van der Waals surface area contributed by atoms with E-state index in [1.165, 1.54) is 0 Å². The Labute approximate surface area is 198 Å². The molecule has 0 saturated heterocycles. The highest BCUT2D eigenvalue weighted by molar-refractivity contribution is 6.06. The molecule has 6 heteroatoms. The summed E-state index contributed by atoms with van der Waals surface area (Å²) in [6.45, 7) is 2.26. The molecular weight excluding hydrogens is 424 g/mol. The van der Waals surface area contributed by atoms with Gasteiger partial charge in [0.1, 0.15) is 5.82 Å². The number of nitrogens with one attached hydrogen (secondary N) is 3. The van der Waals surface area contributed by atoms with Crippen LogP contribution in [0.2, 0.25) is 0 Å². The number of H-pyrrole nitrogens is 1. The van der Waals surface area contributed by atoms with E-state index < -0.39 is 0 Å². The molecule has 2 amide bonds. The lowest BCUT2D eigenvalue weighted by atomic mass is 9.82. The number of amides is 2. The molecule has 0 atom stereocenters. The molecule has 1 saturated carbocycles. The summed E-state index contributed by atoms with van der Waals surface area (Å²) in [4.78, 5) is 32.7. The number of rotatable bonds is 5. The molecule has 1 fully saturated rings. The topological polar surface area (TPSA) is 86.9 Å². The number of aromatic nitrogens is 2. The number of anilines is 2. The first kappa shape index (κ1) is 21.9. The highest BCUT2D eigenvalue weighted by atomic mass is 16.2. The Morgan fingerprint density at radius 2 is 1.71 bits per heavy atom. The van der Waals surface area contributed by atoms with Crippen molar-refractivity contribution < 1.29 is 9.59 Å². The minimum atomic E-state index is -0.198.